The molecular weight excluding hydrogens is 324 g/mol. The topological polar surface area (TPSA) is 112 Å². The Morgan fingerprint density at radius 3 is 2.96 bits per heavy atom. The number of nitrogens with zero attached hydrogens (tertiary/aromatic N) is 5. The van der Waals surface area contributed by atoms with Gasteiger partial charge in [0, 0.05) is 25.1 Å². The molecule has 136 valence electrons. The van der Waals surface area contributed by atoms with Gasteiger partial charge >= 0.3 is 0 Å². The molecule has 3 rings (SSSR count). The molecule has 1 fully saturated rings. The lowest BCUT2D eigenvalue weighted by atomic mass is 10.2. The highest BCUT2D eigenvalue weighted by Gasteiger charge is 2.21. The predicted octanol–water partition coefficient (Wildman–Crippen LogP) is 0.352. The number of anilines is 1. The van der Waals surface area contributed by atoms with Crippen LogP contribution in [0, 0.1) is 0 Å². The van der Waals surface area contributed by atoms with Gasteiger partial charge in [-0.3, -0.25) is 4.79 Å². The number of aromatic nitrogens is 4. The summed E-state index contributed by atoms with van der Waals surface area (Å²) in [5.41, 5.74) is 6.19. The third-order valence-electron chi connectivity index (χ3n) is 4.12. The van der Waals surface area contributed by atoms with Crippen molar-refractivity contribution < 1.29 is 9.26 Å². The third-order valence-corrected chi connectivity index (χ3v) is 4.12. The van der Waals surface area contributed by atoms with E-state index < -0.39 is 0 Å². The molecule has 25 heavy (non-hydrogen) atoms. The highest BCUT2D eigenvalue weighted by atomic mass is 16.5. The van der Waals surface area contributed by atoms with E-state index in [1.165, 1.54) is 4.68 Å². The van der Waals surface area contributed by atoms with Gasteiger partial charge in [-0.15, -0.1) is 0 Å². The second kappa shape index (κ2) is 7.75. The van der Waals surface area contributed by atoms with Gasteiger partial charge in [-0.25, -0.2) is 4.68 Å². The molecule has 2 aromatic heterocycles. The lowest BCUT2D eigenvalue weighted by Gasteiger charge is -2.34. The Morgan fingerprint density at radius 2 is 2.28 bits per heavy atom. The normalized spacial score (nSPS) is 18.1. The average molecular weight is 348 g/mol. The molecule has 0 amide bonds. The van der Waals surface area contributed by atoms with Crippen LogP contribution in [0.1, 0.15) is 37.9 Å². The minimum atomic E-state index is -0.199. The van der Waals surface area contributed by atoms with Gasteiger partial charge in [0.2, 0.25) is 5.89 Å². The summed E-state index contributed by atoms with van der Waals surface area (Å²) >= 11 is 0. The number of hydrogen-bond donors (Lipinski definition) is 1. The molecule has 1 aliphatic heterocycles. The minimum Gasteiger partial charge on any atom is -0.374 e. The van der Waals surface area contributed by atoms with Gasteiger partial charge in [0.25, 0.3) is 5.56 Å². The Morgan fingerprint density at radius 1 is 1.44 bits per heavy atom. The fraction of sp³-hybridized carbons (Fsp3) is 0.625. The molecule has 2 N–H and O–H groups in total. The smallest absolute Gasteiger partial charge is 0.269 e. The van der Waals surface area contributed by atoms with Crippen molar-refractivity contribution in [1.82, 2.24) is 19.9 Å². The first kappa shape index (κ1) is 17.6. The molecule has 0 spiro atoms. The number of nitrogens with two attached hydrogens (primary N) is 1. The van der Waals surface area contributed by atoms with Crippen LogP contribution in [0.15, 0.2) is 21.6 Å². The zero-order valence-corrected chi connectivity index (χ0v) is 14.6. The van der Waals surface area contributed by atoms with Crippen molar-refractivity contribution in [1.29, 1.82) is 0 Å². The first-order chi connectivity index (χ1) is 12.1. The molecular formula is C16H24N6O3. The summed E-state index contributed by atoms with van der Waals surface area (Å²) in [6, 6.07) is 1.58. The zero-order valence-electron chi connectivity index (χ0n) is 14.6. The molecule has 1 aliphatic rings. The van der Waals surface area contributed by atoms with E-state index in [1.54, 1.807) is 12.3 Å². The molecule has 0 unspecified atom stereocenters. The summed E-state index contributed by atoms with van der Waals surface area (Å²) in [6.07, 6.45) is 2.59. The highest BCUT2D eigenvalue weighted by molar-refractivity contribution is 5.43. The van der Waals surface area contributed by atoms with E-state index >= 15 is 0 Å². The molecule has 0 radical (unpaired) electrons. The molecule has 9 heteroatoms. The lowest BCUT2D eigenvalue weighted by Crippen LogP contribution is -2.43. The van der Waals surface area contributed by atoms with Crippen molar-refractivity contribution >= 4 is 5.69 Å². The first-order valence-corrected chi connectivity index (χ1v) is 8.53. The van der Waals surface area contributed by atoms with E-state index in [4.69, 9.17) is 15.0 Å². The maximum atomic E-state index is 12.4. The molecule has 9 nitrogen and oxygen atoms in total. The Labute approximate surface area is 145 Å². The second-order valence-electron chi connectivity index (χ2n) is 6.43. The van der Waals surface area contributed by atoms with Crippen molar-refractivity contribution in [2.75, 3.05) is 31.1 Å². The predicted molar refractivity (Wildman–Crippen MR) is 91.6 cm³/mol. The minimum absolute atomic E-state index is 0.0926. The number of ether oxygens (including phenoxy) is 1. The van der Waals surface area contributed by atoms with Gasteiger partial charge in [0.1, 0.15) is 6.54 Å². The van der Waals surface area contributed by atoms with Crippen LogP contribution in [-0.4, -0.2) is 52.3 Å². The van der Waals surface area contributed by atoms with Crippen molar-refractivity contribution in [2.45, 2.75) is 38.8 Å². The van der Waals surface area contributed by atoms with Crippen LogP contribution >= 0.6 is 0 Å². The standard InChI is InChI=1S/C16H24N6O3/c1-11(2)16-19-14(20-25-16)10-22-15(23)7-12(8-18-22)21-5-6-24-13(9-21)3-4-17/h7-8,11,13H,3-6,9-10,17H2,1-2H3/t13-/m1/s1. The Kier molecular flexibility index (Phi) is 5.44. The van der Waals surface area contributed by atoms with Gasteiger partial charge in [0.05, 0.1) is 24.6 Å². The molecule has 0 saturated carbocycles. The van der Waals surface area contributed by atoms with E-state index in [0.29, 0.717) is 31.4 Å². The van der Waals surface area contributed by atoms with Gasteiger partial charge in [0.15, 0.2) is 5.82 Å². The second-order valence-corrected chi connectivity index (χ2v) is 6.43. The molecule has 3 heterocycles. The van der Waals surface area contributed by atoms with Crippen molar-refractivity contribution in [3.8, 4) is 0 Å². The van der Waals surface area contributed by atoms with E-state index in [9.17, 15) is 4.79 Å². The Balaban J connectivity index is 1.71. The van der Waals surface area contributed by atoms with Crippen LogP contribution < -0.4 is 16.2 Å². The summed E-state index contributed by atoms with van der Waals surface area (Å²) < 4.78 is 12.2. The van der Waals surface area contributed by atoms with Gasteiger partial charge < -0.3 is 19.9 Å². The average Bonchev–Trinajstić information content (AvgIpc) is 3.06. The zero-order chi connectivity index (χ0) is 17.8. The summed E-state index contributed by atoms with van der Waals surface area (Å²) in [4.78, 5) is 18.7. The summed E-state index contributed by atoms with van der Waals surface area (Å²) in [7, 11) is 0. The largest absolute Gasteiger partial charge is 0.374 e. The quantitative estimate of drug-likeness (QED) is 0.796. The highest BCUT2D eigenvalue weighted by Crippen LogP contribution is 2.16. The summed E-state index contributed by atoms with van der Waals surface area (Å²) in [5, 5.41) is 8.14. The SMILES string of the molecule is CC(C)c1nc(Cn2ncc(N3CCO[C@H](CCN)C3)cc2=O)no1. The van der Waals surface area contributed by atoms with Gasteiger partial charge in [-0.05, 0) is 13.0 Å². The van der Waals surface area contributed by atoms with Gasteiger partial charge in [-0.2, -0.15) is 10.1 Å². The molecule has 0 bridgehead atoms. The molecule has 1 atom stereocenters. The van der Waals surface area contributed by atoms with E-state index in [0.717, 1.165) is 18.7 Å². The fourth-order valence-corrected chi connectivity index (χ4v) is 2.73. The van der Waals surface area contributed by atoms with E-state index in [1.807, 2.05) is 13.8 Å². The first-order valence-electron chi connectivity index (χ1n) is 8.53. The van der Waals surface area contributed by atoms with Crippen LogP contribution in [0.2, 0.25) is 0 Å². The van der Waals surface area contributed by atoms with E-state index in [-0.39, 0.29) is 24.1 Å². The van der Waals surface area contributed by atoms with Crippen molar-refractivity contribution in [2.24, 2.45) is 5.73 Å². The lowest BCUT2D eigenvalue weighted by molar-refractivity contribution is 0.0368. The third kappa shape index (κ3) is 4.23. The van der Waals surface area contributed by atoms with Crippen LogP contribution in [0.3, 0.4) is 0 Å². The van der Waals surface area contributed by atoms with Crippen LogP contribution in [-0.2, 0) is 11.3 Å². The molecule has 0 aliphatic carbocycles. The number of hydrogen-bond acceptors (Lipinski definition) is 8. The van der Waals surface area contributed by atoms with Gasteiger partial charge in [-0.1, -0.05) is 19.0 Å². The van der Waals surface area contributed by atoms with Crippen LogP contribution in [0.5, 0.6) is 0 Å². The maximum Gasteiger partial charge on any atom is 0.269 e. The van der Waals surface area contributed by atoms with Crippen molar-refractivity contribution in [3.63, 3.8) is 0 Å². The number of morpholine rings is 1. The van der Waals surface area contributed by atoms with Crippen LogP contribution in [0.4, 0.5) is 5.69 Å². The summed E-state index contributed by atoms with van der Waals surface area (Å²) in [6.45, 7) is 6.78. The molecule has 0 aromatic carbocycles. The van der Waals surface area contributed by atoms with E-state index in [2.05, 4.69) is 20.1 Å². The van der Waals surface area contributed by atoms with Crippen molar-refractivity contribution in [3.05, 3.63) is 34.3 Å². The summed E-state index contributed by atoms with van der Waals surface area (Å²) in [5.74, 6) is 1.15. The maximum absolute atomic E-state index is 12.4. The fourth-order valence-electron chi connectivity index (χ4n) is 2.73. The monoisotopic (exact) mass is 348 g/mol. The number of rotatable bonds is 6. The molecule has 2 aromatic rings. The Hall–Kier alpha value is -2.26. The van der Waals surface area contributed by atoms with Crippen LogP contribution in [0.25, 0.3) is 0 Å². The molecule has 1 saturated heterocycles. The Bertz CT molecular complexity index is 754.